The average Bonchev–Trinajstić information content (AvgIpc) is 2.98. The van der Waals surface area contributed by atoms with Crippen LogP contribution in [0.25, 0.3) is 15.6 Å². The van der Waals surface area contributed by atoms with Crippen molar-refractivity contribution in [3.63, 3.8) is 0 Å². The van der Waals surface area contributed by atoms with E-state index in [1.165, 1.54) is 4.90 Å². The van der Waals surface area contributed by atoms with E-state index >= 15 is 0 Å². The number of carbonyl (C=O) groups excluding carboxylic acids is 1. The van der Waals surface area contributed by atoms with Gasteiger partial charge in [-0.1, -0.05) is 24.3 Å². The van der Waals surface area contributed by atoms with E-state index in [9.17, 15) is 4.79 Å². The molecule has 122 valence electrons. The fourth-order valence-electron chi connectivity index (χ4n) is 3.20. The van der Waals surface area contributed by atoms with Crippen LogP contribution in [-0.4, -0.2) is 28.7 Å². The van der Waals surface area contributed by atoms with Crippen molar-refractivity contribution in [2.24, 2.45) is 0 Å². The molecular weight excluding hydrogens is 314 g/mol. The van der Waals surface area contributed by atoms with Crippen LogP contribution in [0, 0.1) is 13.5 Å². The van der Waals surface area contributed by atoms with Crippen molar-refractivity contribution in [2.75, 3.05) is 16.3 Å². The normalized spacial score (nSPS) is 17.1. The number of aryl methyl sites for hydroxylation is 1. The van der Waals surface area contributed by atoms with Crippen LogP contribution in [0.4, 0.5) is 16.2 Å². The molecule has 1 unspecified atom stereocenters. The Morgan fingerprint density at radius 2 is 2.00 bits per heavy atom. The molecule has 6 heteroatoms. The lowest BCUT2D eigenvalue weighted by molar-refractivity contribution is 0.255. The summed E-state index contributed by atoms with van der Waals surface area (Å²) in [5, 5.41) is 1.84. The summed E-state index contributed by atoms with van der Waals surface area (Å²) < 4.78 is 0. The first-order chi connectivity index (χ1) is 12.2. The Kier molecular flexibility index (Phi) is 3.55. The van der Waals surface area contributed by atoms with E-state index in [-0.39, 0.29) is 6.03 Å². The van der Waals surface area contributed by atoms with Crippen molar-refractivity contribution in [1.82, 2.24) is 9.97 Å². The summed E-state index contributed by atoms with van der Waals surface area (Å²) in [5.41, 5.74) is 2.16. The molecular formula is C19H15N5O. The molecule has 25 heavy (non-hydrogen) atoms. The maximum Gasteiger partial charge on any atom is 0.335 e. The first-order valence-electron chi connectivity index (χ1n) is 7.92. The van der Waals surface area contributed by atoms with Gasteiger partial charge in [-0.2, -0.15) is 0 Å². The van der Waals surface area contributed by atoms with Crippen molar-refractivity contribution in [1.29, 1.82) is 0 Å². The van der Waals surface area contributed by atoms with Gasteiger partial charge in [-0.25, -0.2) is 16.3 Å². The van der Waals surface area contributed by atoms with Crippen LogP contribution >= 0.6 is 0 Å². The minimum absolute atomic E-state index is 0.227. The number of urea groups is 1. The fraction of sp³-hybridized carbons (Fsp3) is 0.158. The highest BCUT2D eigenvalue weighted by atomic mass is 16.2. The molecule has 1 aliphatic rings. The summed E-state index contributed by atoms with van der Waals surface area (Å²) in [5.74, 6) is 0. The molecule has 0 aliphatic carbocycles. The van der Waals surface area contributed by atoms with E-state index in [2.05, 4.69) is 14.8 Å². The number of pyridine rings is 2. The number of amides is 2. The van der Waals surface area contributed by atoms with Gasteiger partial charge < -0.3 is 0 Å². The van der Waals surface area contributed by atoms with Crippen molar-refractivity contribution in [3.8, 4) is 0 Å². The summed E-state index contributed by atoms with van der Waals surface area (Å²) in [7, 11) is 0. The average molecular weight is 329 g/mol. The van der Waals surface area contributed by atoms with Crippen molar-refractivity contribution < 1.29 is 4.79 Å². The highest BCUT2D eigenvalue weighted by Gasteiger charge is 2.44. The lowest BCUT2D eigenvalue weighted by Crippen LogP contribution is -2.34. The lowest BCUT2D eigenvalue weighted by Gasteiger charge is -2.19. The molecule has 4 rings (SSSR count). The van der Waals surface area contributed by atoms with Crippen molar-refractivity contribution in [3.05, 3.63) is 72.1 Å². The van der Waals surface area contributed by atoms with Crippen molar-refractivity contribution in [2.45, 2.75) is 13.1 Å². The lowest BCUT2D eigenvalue weighted by atomic mass is 10.1. The molecule has 1 fully saturated rings. The Labute approximate surface area is 145 Å². The molecule has 1 atom stereocenters. The van der Waals surface area contributed by atoms with Gasteiger partial charge in [0.25, 0.3) is 0 Å². The molecule has 1 aromatic carbocycles. The first kappa shape index (κ1) is 15.1. The zero-order valence-corrected chi connectivity index (χ0v) is 13.6. The van der Waals surface area contributed by atoms with Crippen LogP contribution in [0.3, 0.4) is 0 Å². The molecule has 0 N–H and O–H groups in total. The Bertz CT molecular complexity index is 1000. The second-order valence-electron chi connectivity index (χ2n) is 5.86. The van der Waals surface area contributed by atoms with Crippen molar-refractivity contribution >= 4 is 28.2 Å². The third kappa shape index (κ3) is 2.37. The van der Waals surface area contributed by atoms with E-state index in [1.807, 2.05) is 37.3 Å². The summed E-state index contributed by atoms with van der Waals surface area (Å²) in [4.78, 5) is 28.5. The third-order valence-corrected chi connectivity index (χ3v) is 4.41. The van der Waals surface area contributed by atoms with E-state index in [0.717, 1.165) is 22.2 Å². The molecule has 0 spiro atoms. The summed E-state index contributed by atoms with van der Waals surface area (Å²) in [6.07, 6.45) is 4.51. The Hall–Kier alpha value is -3.46. The van der Waals surface area contributed by atoms with Gasteiger partial charge in [0.15, 0.2) is 0 Å². The number of nitrogens with zero attached hydrogens (tertiary/aromatic N) is 5. The van der Waals surface area contributed by atoms with Gasteiger partial charge in [-0.15, -0.1) is 0 Å². The van der Waals surface area contributed by atoms with Gasteiger partial charge in [-0.3, -0.25) is 19.7 Å². The highest BCUT2D eigenvalue weighted by molar-refractivity contribution is 6.11. The summed E-state index contributed by atoms with van der Waals surface area (Å²) in [6, 6.07) is 11.2. The van der Waals surface area contributed by atoms with Crippen LogP contribution in [0.2, 0.25) is 0 Å². The van der Waals surface area contributed by atoms with Crippen LogP contribution in [0.15, 0.2) is 55.0 Å². The Morgan fingerprint density at radius 1 is 1.16 bits per heavy atom. The van der Waals surface area contributed by atoms with Gasteiger partial charge >= 0.3 is 12.2 Å². The number of hydrogen-bond donors (Lipinski definition) is 0. The van der Waals surface area contributed by atoms with Gasteiger partial charge in [0, 0.05) is 23.2 Å². The first-order valence-corrected chi connectivity index (χ1v) is 7.92. The van der Waals surface area contributed by atoms with E-state index in [1.54, 1.807) is 29.6 Å². The fourth-order valence-corrected chi connectivity index (χ4v) is 3.20. The molecule has 3 aromatic rings. The highest BCUT2D eigenvalue weighted by Crippen LogP contribution is 2.34. The molecule has 2 aromatic heterocycles. The number of aromatic nitrogens is 2. The number of hydrogen-bond acceptors (Lipinski definition) is 3. The van der Waals surface area contributed by atoms with E-state index < -0.39 is 6.17 Å². The standard InChI is InChI=1S/C19H15N5O/c1-13-16(8-5-9-22-13)23-12-18(20-2)24(19(23)25)17-11-21-10-14-6-3-4-7-15(14)17/h3-11,18H,12H2,1H3. The molecule has 1 aliphatic heterocycles. The monoisotopic (exact) mass is 329 g/mol. The SMILES string of the molecule is [C-]#[N+]C1CN(c2cccnc2C)C(=O)N1c1cncc2ccccc12. The second kappa shape index (κ2) is 5.87. The van der Waals surface area contributed by atoms with Crippen LogP contribution in [-0.2, 0) is 0 Å². The largest absolute Gasteiger partial charge is 0.335 e. The Morgan fingerprint density at radius 3 is 2.80 bits per heavy atom. The number of rotatable bonds is 2. The third-order valence-electron chi connectivity index (χ3n) is 4.41. The summed E-state index contributed by atoms with van der Waals surface area (Å²) >= 11 is 0. The zero-order chi connectivity index (χ0) is 17.4. The van der Waals surface area contributed by atoms with Crippen LogP contribution in [0.5, 0.6) is 0 Å². The van der Waals surface area contributed by atoms with Gasteiger partial charge in [-0.05, 0) is 19.1 Å². The van der Waals surface area contributed by atoms with Gasteiger partial charge in [0.2, 0.25) is 0 Å². The molecule has 0 radical (unpaired) electrons. The molecule has 6 nitrogen and oxygen atoms in total. The molecule has 0 bridgehead atoms. The van der Waals surface area contributed by atoms with Gasteiger partial charge in [0.05, 0.1) is 23.3 Å². The summed E-state index contributed by atoms with van der Waals surface area (Å²) in [6.45, 7) is 9.71. The van der Waals surface area contributed by atoms with Crippen LogP contribution in [0.1, 0.15) is 5.69 Å². The minimum atomic E-state index is -0.597. The minimum Gasteiger partial charge on any atom is -0.287 e. The van der Waals surface area contributed by atoms with E-state index in [0.29, 0.717) is 12.2 Å². The zero-order valence-electron chi connectivity index (χ0n) is 13.6. The van der Waals surface area contributed by atoms with E-state index in [4.69, 9.17) is 6.57 Å². The topological polar surface area (TPSA) is 53.7 Å². The number of fused-ring (bicyclic) bond motifs is 1. The number of anilines is 2. The molecule has 2 amide bonds. The molecule has 1 saturated heterocycles. The smallest absolute Gasteiger partial charge is 0.287 e. The predicted octanol–water partition coefficient (Wildman–Crippen LogP) is 3.63. The van der Waals surface area contributed by atoms with Crippen LogP contribution < -0.4 is 9.80 Å². The number of benzene rings is 1. The molecule has 3 heterocycles. The Balaban J connectivity index is 1.83. The second-order valence-corrected chi connectivity index (χ2v) is 5.86. The predicted molar refractivity (Wildman–Crippen MR) is 96.3 cm³/mol. The van der Waals surface area contributed by atoms with Gasteiger partial charge in [0.1, 0.15) is 6.54 Å². The molecule has 0 saturated carbocycles. The number of carbonyl (C=O) groups is 1. The maximum atomic E-state index is 13.1. The quantitative estimate of drug-likeness (QED) is 0.675. The maximum absolute atomic E-state index is 13.1.